The number of carbonyl (C=O) groups is 2. The SMILES string of the molecule is Cc1cccc(CN2CCC(=O)NC(CC(C)C)C2=O)n1. The average molecular weight is 289 g/mol. The molecule has 1 aromatic rings. The van der Waals surface area contributed by atoms with Crippen molar-refractivity contribution in [1.82, 2.24) is 15.2 Å². The van der Waals surface area contributed by atoms with E-state index in [2.05, 4.69) is 24.1 Å². The quantitative estimate of drug-likeness (QED) is 0.917. The van der Waals surface area contributed by atoms with Crippen molar-refractivity contribution in [2.75, 3.05) is 6.54 Å². The number of amides is 2. The fraction of sp³-hybridized carbons (Fsp3) is 0.562. The molecule has 0 bridgehead atoms. The largest absolute Gasteiger partial charge is 0.344 e. The predicted molar refractivity (Wildman–Crippen MR) is 80.4 cm³/mol. The van der Waals surface area contributed by atoms with E-state index in [0.29, 0.717) is 31.8 Å². The first-order valence-corrected chi connectivity index (χ1v) is 7.46. The summed E-state index contributed by atoms with van der Waals surface area (Å²) in [6.45, 7) is 6.95. The van der Waals surface area contributed by atoms with E-state index < -0.39 is 6.04 Å². The van der Waals surface area contributed by atoms with Gasteiger partial charge in [0.25, 0.3) is 0 Å². The highest BCUT2D eigenvalue weighted by atomic mass is 16.2. The van der Waals surface area contributed by atoms with Gasteiger partial charge in [-0.15, -0.1) is 0 Å². The van der Waals surface area contributed by atoms with Crippen LogP contribution in [0.5, 0.6) is 0 Å². The molecule has 0 saturated carbocycles. The van der Waals surface area contributed by atoms with Gasteiger partial charge in [0.05, 0.1) is 12.2 Å². The van der Waals surface area contributed by atoms with Crippen LogP contribution in [0.15, 0.2) is 18.2 Å². The van der Waals surface area contributed by atoms with E-state index >= 15 is 0 Å². The van der Waals surface area contributed by atoms with Crippen LogP contribution in [0.25, 0.3) is 0 Å². The normalized spacial score (nSPS) is 19.6. The number of nitrogens with zero attached hydrogens (tertiary/aromatic N) is 2. The molecule has 0 spiro atoms. The van der Waals surface area contributed by atoms with Crippen molar-refractivity contribution in [3.8, 4) is 0 Å². The van der Waals surface area contributed by atoms with Crippen molar-refractivity contribution >= 4 is 11.8 Å². The molecule has 1 fully saturated rings. The van der Waals surface area contributed by atoms with Crippen molar-refractivity contribution in [2.45, 2.75) is 46.2 Å². The molecule has 1 unspecified atom stereocenters. The molecule has 114 valence electrons. The Balaban J connectivity index is 2.13. The highest BCUT2D eigenvalue weighted by molar-refractivity contribution is 5.89. The van der Waals surface area contributed by atoms with Crippen LogP contribution in [0.1, 0.15) is 38.1 Å². The zero-order valence-electron chi connectivity index (χ0n) is 12.9. The maximum Gasteiger partial charge on any atom is 0.245 e. The Kier molecular flexibility index (Phi) is 4.94. The third kappa shape index (κ3) is 4.28. The Bertz CT molecular complexity index is 528. The highest BCUT2D eigenvalue weighted by Gasteiger charge is 2.30. The number of nitrogens with one attached hydrogen (secondary N) is 1. The van der Waals surface area contributed by atoms with Gasteiger partial charge in [-0.1, -0.05) is 19.9 Å². The maximum absolute atomic E-state index is 12.6. The van der Waals surface area contributed by atoms with Crippen LogP contribution >= 0.6 is 0 Å². The van der Waals surface area contributed by atoms with Crippen LogP contribution in [-0.2, 0) is 16.1 Å². The Morgan fingerprint density at radius 2 is 2.14 bits per heavy atom. The van der Waals surface area contributed by atoms with Gasteiger partial charge in [-0.2, -0.15) is 0 Å². The van der Waals surface area contributed by atoms with Crippen LogP contribution in [0.4, 0.5) is 0 Å². The lowest BCUT2D eigenvalue weighted by Gasteiger charge is -2.24. The molecule has 1 saturated heterocycles. The number of carbonyl (C=O) groups excluding carboxylic acids is 2. The maximum atomic E-state index is 12.6. The van der Waals surface area contributed by atoms with Crippen molar-refractivity contribution in [1.29, 1.82) is 0 Å². The molecule has 21 heavy (non-hydrogen) atoms. The van der Waals surface area contributed by atoms with Crippen molar-refractivity contribution < 1.29 is 9.59 Å². The molecular weight excluding hydrogens is 266 g/mol. The monoisotopic (exact) mass is 289 g/mol. The minimum absolute atomic E-state index is 0.00199. The molecule has 5 nitrogen and oxygen atoms in total. The second-order valence-electron chi connectivity index (χ2n) is 6.03. The van der Waals surface area contributed by atoms with Crippen molar-refractivity contribution in [3.63, 3.8) is 0 Å². The molecule has 0 radical (unpaired) electrons. The van der Waals surface area contributed by atoms with E-state index in [1.54, 1.807) is 4.90 Å². The zero-order chi connectivity index (χ0) is 15.4. The highest BCUT2D eigenvalue weighted by Crippen LogP contribution is 2.14. The summed E-state index contributed by atoms with van der Waals surface area (Å²) in [6, 6.07) is 5.37. The van der Waals surface area contributed by atoms with Gasteiger partial charge in [-0.05, 0) is 31.4 Å². The summed E-state index contributed by atoms with van der Waals surface area (Å²) in [5.74, 6) is 0.308. The first-order chi connectivity index (χ1) is 9.95. The second kappa shape index (κ2) is 6.70. The number of hydrogen-bond acceptors (Lipinski definition) is 3. The smallest absolute Gasteiger partial charge is 0.245 e. The molecule has 1 atom stereocenters. The van der Waals surface area contributed by atoms with Crippen LogP contribution in [-0.4, -0.2) is 34.3 Å². The second-order valence-corrected chi connectivity index (χ2v) is 6.03. The topological polar surface area (TPSA) is 62.3 Å². The molecule has 1 N–H and O–H groups in total. The molecule has 2 amide bonds. The summed E-state index contributed by atoms with van der Waals surface area (Å²) in [6.07, 6.45) is 1.02. The van der Waals surface area contributed by atoms with E-state index in [1.165, 1.54) is 0 Å². The van der Waals surface area contributed by atoms with E-state index in [9.17, 15) is 9.59 Å². The van der Waals surface area contributed by atoms with Crippen molar-refractivity contribution in [3.05, 3.63) is 29.6 Å². The minimum Gasteiger partial charge on any atom is -0.344 e. The van der Waals surface area contributed by atoms with Crippen LogP contribution in [0.3, 0.4) is 0 Å². The van der Waals surface area contributed by atoms with Gasteiger partial charge < -0.3 is 10.2 Å². The third-order valence-electron chi connectivity index (χ3n) is 3.56. The van der Waals surface area contributed by atoms with Gasteiger partial charge in [0, 0.05) is 18.7 Å². The summed E-state index contributed by atoms with van der Waals surface area (Å²) >= 11 is 0. The molecule has 1 aliphatic heterocycles. The standard InChI is InChI=1S/C16H23N3O2/c1-11(2)9-14-16(21)19(8-7-15(20)18-14)10-13-6-4-5-12(3)17-13/h4-6,11,14H,7-10H2,1-3H3,(H,18,20). The van der Waals surface area contributed by atoms with Gasteiger partial charge in [-0.25, -0.2) is 0 Å². The van der Waals surface area contributed by atoms with Gasteiger partial charge in [0.2, 0.25) is 11.8 Å². The van der Waals surface area contributed by atoms with Gasteiger partial charge >= 0.3 is 0 Å². The summed E-state index contributed by atoms with van der Waals surface area (Å²) in [4.78, 5) is 30.5. The van der Waals surface area contributed by atoms with E-state index in [0.717, 1.165) is 11.4 Å². The summed E-state index contributed by atoms with van der Waals surface area (Å²) < 4.78 is 0. The van der Waals surface area contributed by atoms with Crippen LogP contribution in [0, 0.1) is 12.8 Å². The summed E-state index contributed by atoms with van der Waals surface area (Å²) in [5.41, 5.74) is 1.80. The van der Waals surface area contributed by atoms with Gasteiger partial charge in [0.15, 0.2) is 0 Å². The molecule has 0 aliphatic carbocycles. The Hall–Kier alpha value is -1.91. The number of rotatable bonds is 4. The number of aryl methyl sites for hydroxylation is 1. The molecule has 2 rings (SSSR count). The predicted octanol–water partition coefficient (Wildman–Crippen LogP) is 1.65. The van der Waals surface area contributed by atoms with E-state index in [4.69, 9.17) is 0 Å². The van der Waals surface area contributed by atoms with Gasteiger partial charge in [-0.3, -0.25) is 14.6 Å². The number of hydrogen-bond donors (Lipinski definition) is 1. The van der Waals surface area contributed by atoms with Crippen LogP contribution < -0.4 is 5.32 Å². The van der Waals surface area contributed by atoms with Crippen molar-refractivity contribution in [2.24, 2.45) is 5.92 Å². The molecule has 5 heteroatoms. The van der Waals surface area contributed by atoms with E-state index in [1.807, 2.05) is 25.1 Å². The first kappa shape index (κ1) is 15.5. The molecule has 0 aromatic carbocycles. The number of aromatic nitrogens is 1. The zero-order valence-corrected chi connectivity index (χ0v) is 12.9. The Morgan fingerprint density at radius 3 is 2.81 bits per heavy atom. The van der Waals surface area contributed by atoms with Crippen LogP contribution in [0.2, 0.25) is 0 Å². The fourth-order valence-electron chi connectivity index (χ4n) is 2.57. The van der Waals surface area contributed by atoms with Gasteiger partial charge in [0.1, 0.15) is 6.04 Å². The lowest BCUT2D eigenvalue weighted by atomic mass is 10.0. The minimum atomic E-state index is -0.412. The average Bonchev–Trinajstić information content (AvgIpc) is 2.52. The summed E-state index contributed by atoms with van der Waals surface area (Å²) in [5, 5.41) is 2.84. The first-order valence-electron chi connectivity index (χ1n) is 7.46. The van der Waals surface area contributed by atoms with E-state index in [-0.39, 0.29) is 11.8 Å². The molecule has 2 heterocycles. The molecule has 1 aliphatic rings. The lowest BCUT2D eigenvalue weighted by Crippen LogP contribution is -2.45. The number of pyridine rings is 1. The third-order valence-corrected chi connectivity index (χ3v) is 3.56. The fourth-order valence-corrected chi connectivity index (χ4v) is 2.57. The lowest BCUT2D eigenvalue weighted by molar-refractivity contribution is -0.134. The summed E-state index contributed by atoms with van der Waals surface area (Å²) in [7, 11) is 0. The Morgan fingerprint density at radius 1 is 1.38 bits per heavy atom. The molecule has 1 aromatic heterocycles. The Labute approximate surface area is 125 Å². The molecular formula is C16H23N3O2.